The molecule has 1 fully saturated rings. The van der Waals surface area contributed by atoms with Gasteiger partial charge >= 0.3 is 0 Å². The highest BCUT2D eigenvalue weighted by molar-refractivity contribution is 5.93. The minimum absolute atomic E-state index is 0.0362. The van der Waals surface area contributed by atoms with Gasteiger partial charge < -0.3 is 5.32 Å². The Labute approximate surface area is 205 Å². The maximum atomic E-state index is 13.7. The number of aromatic nitrogens is 5. The van der Waals surface area contributed by atoms with E-state index in [0.29, 0.717) is 5.69 Å². The lowest BCUT2D eigenvalue weighted by Gasteiger charge is -2.06. The normalized spacial score (nSPS) is 13.4. The predicted molar refractivity (Wildman–Crippen MR) is 130 cm³/mol. The number of hydrogen-bond donors (Lipinski definition) is 1. The van der Waals surface area contributed by atoms with Gasteiger partial charge in [-0.2, -0.15) is 10.2 Å². The van der Waals surface area contributed by atoms with E-state index in [-0.39, 0.29) is 29.5 Å². The monoisotopic (exact) mass is 484 g/mol. The van der Waals surface area contributed by atoms with Crippen LogP contribution in [0.15, 0.2) is 79.0 Å². The van der Waals surface area contributed by atoms with Crippen LogP contribution in [0.3, 0.4) is 0 Å². The van der Waals surface area contributed by atoms with Gasteiger partial charge in [0, 0.05) is 41.5 Å². The molecule has 36 heavy (non-hydrogen) atoms. The molecule has 0 saturated heterocycles. The quantitative estimate of drug-likeness (QED) is 0.339. The van der Waals surface area contributed by atoms with Gasteiger partial charge in [-0.3, -0.25) is 4.79 Å². The number of amides is 1. The van der Waals surface area contributed by atoms with E-state index < -0.39 is 12.3 Å². The number of nitrogens with one attached hydrogen (secondary N) is 1. The molecule has 0 unspecified atom stereocenters. The molecule has 0 radical (unpaired) electrons. The number of rotatable bonds is 7. The summed E-state index contributed by atoms with van der Waals surface area (Å²) < 4.78 is 30.2. The first-order chi connectivity index (χ1) is 17.6. The smallest absolute Gasteiger partial charge is 0.280 e. The molecule has 0 aliphatic heterocycles. The Hall–Kier alpha value is -4.40. The Bertz CT molecular complexity index is 1540. The fourth-order valence-corrected chi connectivity index (χ4v) is 4.23. The van der Waals surface area contributed by atoms with Crippen molar-refractivity contribution in [3.63, 3.8) is 0 Å². The Kier molecular flexibility index (Phi) is 5.52. The van der Waals surface area contributed by atoms with Crippen molar-refractivity contribution >= 4 is 11.6 Å². The SMILES string of the molecule is O=C(NCc1cn(-c2ccccc2)nc1-c1ccccc1)c1cc2nc(C3CC3)cc(C(F)F)n2n1. The second-order valence-corrected chi connectivity index (χ2v) is 8.81. The van der Waals surface area contributed by atoms with Crippen LogP contribution in [0.25, 0.3) is 22.6 Å². The summed E-state index contributed by atoms with van der Waals surface area (Å²) in [5.74, 6) is -0.266. The second-order valence-electron chi connectivity index (χ2n) is 8.81. The van der Waals surface area contributed by atoms with Gasteiger partial charge in [0.25, 0.3) is 12.3 Å². The summed E-state index contributed by atoms with van der Waals surface area (Å²) in [7, 11) is 0. The van der Waals surface area contributed by atoms with Crippen LogP contribution in [-0.2, 0) is 6.54 Å². The fraction of sp³-hybridized carbons (Fsp3) is 0.185. The number of alkyl halides is 2. The number of para-hydroxylation sites is 1. The highest BCUT2D eigenvalue weighted by Crippen LogP contribution is 2.40. The number of carbonyl (C=O) groups is 1. The minimum atomic E-state index is -2.72. The van der Waals surface area contributed by atoms with Gasteiger partial charge in [0.15, 0.2) is 11.3 Å². The second kappa shape index (κ2) is 8.99. The minimum Gasteiger partial charge on any atom is -0.346 e. The van der Waals surface area contributed by atoms with Gasteiger partial charge in [0.2, 0.25) is 0 Å². The van der Waals surface area contributed by atoms with E-state index in [9.17, 15) is 13.6 Å². The fourth-order valence-electron chi connectivity index (χ4n) is 4.23. The van der Waals surface area contributed by atoms with E-state index >= 15 is 0 Å². The molecule has 1 amide bonds. The Balaban J connectivity index is 1.29. The molecule has 1 aliphatic rings. The van der Waals surface area contributed by atoms with Crippen LogP contribution in [0.2, 0.25) is 0 Å². The van der Waals surface area contributed by atoms with Crippen LogP contribution in [0.5, 0.6) is 0 Å². The third-order valence-electron chi connectivity index (χ3n) is 6.22. The predicted octanol–water partition coefficient (Wildman–Crippen LogP) is 5.33. The number of carbonyl (C=O) groups excluding carboxylic acids is 1. The van der Waals surface area contributed by atoms with E-state index in [1.807, 2.05) is 66.9 Å². The maximum absolute atomic E-state index is 13.7. The standard InChI is InChI=1S/C27H22F2N6O/c28-26(29)23-13-21(17-11-12-17)31-24-14-22(32-35(23)24)27(36)30-15-19-16-34(20-9-5-2-6-10-20)33-25(19)18-7-3-1-4-8-18/h1-10,13-14,16-17,26H,11-12,15H2,(H,30,36). The highest BCUT2D eigenvalue weighted by Gasteiger charge is 2.28. The van der Waals surface area contributed by atoms with Crippen molar-refractivity contribution in [2.45, 2.75) is 31.7 Å². The molecule has 1 N–H and O–H groups in total. The van der Waals surface area contributed by atoms with E-state index in [2.05, 4.69) is 15.4 Å². The largest absolute Gasteiger partial charge is 0.346 e. The van der Waals surface area contributed by atoms with Crippen LogP contribution < -0.4 is 5.32 Å². The lowest BCUT2D eigenvalue weighted by Crippen LogP contribution is -2.23. The molecule has 0 atom stereocenters. The molecule has 2 aromatic carbocycles. The lowest BCUT2D eigenvalue weighted by atomic mass is 10.1. The van der Waals surface area contributed by atoms with Crippen molar-refractivity contribution in [2.75, 3.05) is 0 Å². The summed E-state index contributed by atoms with van der Waals surface area (Å²) in [6, 6.07) is 22.3. The maximum Gasteiger partial charge on any atom is 0.280 e. The zero-order valence-electron chi connectivity index (χ0n) is 19.2. The molecule has 1 aliphatic carbocycles. The molecular formula is C27H22F2N6O. The van der Waals surface area contributed by atoms with Gasteiger partial charge in [-0.15, -0.1) is 0 Å². The highest BCUT2D eigenvalue weighted by atomic mass is 19.3. The van der Waals surface area contributed by atoms with Crippen LogP contribution in [0, 0.1) is 0 Å². The molecule has 0 bridgehead atoms. The summed E-state index contributed by atoms with van der Waals surface area (Å²) in [5.41, 5.74) is 4.03. The number of fused-ring (bicyclic) bond motifs is 1. The van der Waals surface area contributed by atoms with Crippen LogP contribution in [0.1, 0.15) is 52.6 Å². The van der Waals surface area contributed by atoms with Crippen LogP contribution in [-0.4, -0.2) is 30.3 Å². The van der Waals surface area contributed by atoms with Crippen molar-refractivity contribution in [3.05, 3.63) is 102 Å². The lowest BCUT2D eigenvalue weighted by molar-refractivity contribution is 0.0944. The molecule has 3 heterocycles. The average Bonchev–Trinajstić information content (AvgIpc) is 3.52. The van der Waals surface area contributed by atoms with Crippen molar-refractivity contribution < 1.29 is 13.6 Å². The summed E-state index contributed by atoms with van der Waals surface area (Å²) in [6.07, 6.45) is 1.03. The molecule has 7 nitrogen and oxygen atoms in total. The Morgan fingerprint density at radius 2 is 1.72 bits per heavy atom. The zero-order valence-corrected chi connectivity index (χ0v) is 19.2. The molecule has 3 aromatic heterocycles. The van der Waals surface area contributed by atoms with Crippen molar-refractivity contribution in [1.82, 2.24) is 29.7 Å². The van der Waals surface area contributed by atoms with E-state index in [4.69, 9.17) is 5.10 Å². The summed E-state index contributed by atoms with van der Waals surface area (Å²) in [4.78, 5) is 17.5. The van der Waals surface area contributed by atoms with Crippen LogP contribution in [0.4, 0.5) is 8.78 Å². The molecular weight excluding hydrogens is 462 g/mol. The molecule has 5 aromatic rings. The number of halogens is 2. The molecule has 9 heteroatoms. The first-order valence-electron chi connectivity index (χ1n) is 11.7. The summed E-state index contributed by atoms with van der Waals surface area (Å²) in [6.45, 7) is 0.187. The first kappa shape index (κ1) is 22.1. The van der Waals surface area contributed by atoms with Gasteiger partial charge in [-0.1, -0.05) is 48.5 Å². The third-order valence-corrected chi connectivity index (χ3v) is 6.22. The van der Waals surface area contributed by atoms with E-state index in [0.717, 1.165) is 39.9 Å². The summed E-state index contributed by atoms with van der Waals surface area (Å²) in [5, 5.41) is 11.8. The molecule has 1 saturated carbocycles. The first-order valence-corrected chi connectivity index (χ1v) is 11.7. The molecule has 6 rings (SSSR count). The van der Waals surface area contributed by atoms with Crippen molar-refractivity contribution in [3.8, 4) is 16.9 Å². The van der Waals surface area contributed by atoms with Crippen LogP contribution >= 0.6 is 0 Å². The van der Waals surface area contributed by atoms with Gasteiger partial charge in [-0.05, 0) is 31.0 Å². The topological polar surface area (TPSA) is 77.1 Å². The van der Waals surface area contributed by atoms with Gasteiger partial charge in [0.1, 0.15) is 5.69 Å². The molecule has 0 spiro atoms. The third kappa shape index (κ3) is 4.24. The van der Waals surface area contributed by atoms with Gasteiger partial charge in [-0.25, -0.2) is 23.0 Å². The average molecular weight is 485 g/mol. The zero-order chi connectivity index (χ0) is 24.6. The number of hydrogen-bond acceptors (Lipinski definition) is 4. The molecule has 180 valence electrons. The van der Waals surface area contributed by atoms with Gasteiger partial charge in [0.05, 0.1) is 11.4 Å². The Morgan fingerprint density at radius 3 is 2.42 bits per heavy atom. The summed E-state index contributed by atoms with van der Waals surface area (Å²) >= 11 is 0. The number of benzene rings is 2. The number of nitrogens with zero attached hydrogens (tertiary/aromatic N) is 5. The van der Waals surface area contributed by atoms with E-state index in [1.54, 1.807) is 4.68 Å². The van der Waals surface area contributed by atoms with Crippen molar-refractivity contribution in [2.24, 2.45) is 0 Å². The van der Waals surface area contributed by atoms with Crippen molar-refractivity contribution in [1.29, 1.82) is 0 Å². The Morgan fingerprint density at radius 1 is 1.00 bits per heavy atom. The van der Waals surface area contributed by atoms with E-state index in [1.165, 1.54) is 12.1 Å².